The highest BCUT2D eigenvalue weighted by atomic mass is 16.5. The Balaban J connectivity index is 0.000000115. The second-order valence-electron chi connectivity index (χ2n) is 39.7. The predicted octanol–water partition coefficient (Wildman–Crippen LogP) is 17.4. The van der Waals surface area contributed by atoms with Crippen LogP contribution in [0.1, 0.15) is 144 Å². The quantitative estimate of drug-likeness (QED) is 0.0353. The van der Waals surface area contributed by atoms with E-state index < -0.39 is 0 Å². The first kappa shape index (κ1) is 95.3. The van der Waals surface area contributed by atoms with Crippen LogP contribution in [0.5, 0.6) is 46.1 Å². The van der Waals surface area contributed by atoms with Gasteiger partial charge in [0.25, 0.3) is 0 Å². The maximum absolute atomic E-state index is 12.8. The number of H-pyrrole nitrogens is 1. The van der Waals surface area contributed by atoms with E-state index in [4.69, 9.17) is 28.4 Å². The third-order valence-corrected chi connectivity index (χ3v) is 29.3. The zero-order valence-corrected chi connectivity index (χ0v) is 79.0. The minimum absolute atomic E-state index is 0.104. The van der Waals surface area contributed by atoms with Gasteiger partial charge in [0.15, 0.2) is 28.9 Å². The number of hydrogen-bond acceptors (Lipinski definition) is 23. The third-order valence-electron chi connectivity index (χ3n) is 29.3. The Bertz CT molecular complexity index is 5730. The molecule has 25 nitrogen and oxygen atoms in total. The van der Waals surface area contributed by atoms with Crippen LogP contribution in [-0.4, -0.2) is 227 Å². The van der Waals surface area contributed by atoms with E-state index in [9.17, 15) is 34.2 Å². The minimum Gasteiger partial charge on any atom is -0.508 e. The molecule has 12 aromatic rings. The van der Waals surface area contributed by atoms with Crippen molar-refractivity contribution in [3.8, 4) is 46.1 Å². The summed E-state index contributed by atoms with van der Waals surface area (Å²) in [5.41, 5.74) is 9.50. The molecule has 716 valence electrons. The first-order valence-electron chi connectivity index (χ1n) is 49.1. The van der Waals surface area contributed by atoms with Gasteiger partial charge < -0.3 is 38.6 Å². The molecule has 10 fully saturated rings. The van der Waals surface area contributed by atoms with Crippen LogP contribution in [0.25, 0.3) is 0 Å². The topological polar surface area (TPSA) is 283 Å². The number of likely N-dealkylation sites (tertiary alicyclic amines) is 5. The molecule has 0 radical (unpaired) electrons. The summed E-state index contributed by atoms with van der Waals surface area (Å²) in [6, 6.07) is 69.6. The first-order chi connectivity index (χ1) is 67.2. The SMILES string of the molecule is Cc1ccc(OC2C[C@@H]3CN(CC(=O)c4ccc(OCc5ccccc5)cc4)C[C@@H]3C2)cc1.Cc1ccc(OC2C[C@@H]3CN(CC(=O)c4cn[nH]c4)C[C@@H]3C2)cc1.Cc1ccc(OC2C[C@@H]3CN(CC(=O)c4cnn(Cc5ccccc5)c4)C[C@@H]3C2)cc1.O=C(CN1C[C@H]2CC(Oc3cccnc3)C[C@H]2C1)c1ccc(O)cc1.O=C(CN1C[C@H]2CC(Oc3cnccn3)C[C@H]2C1)c1ccc(O)cc1. The second-order valence-corrected chi connectivity index (χ2v) is 39.7. The number of nitrogens with one attached hydrogen (secondary N) is 1. The third kappa shape index (κ3) is 26.2. The first-order valence-corrected chi connectivity index (χ1v) is 49.1. The number of phenolic OH excluding ortho intramolecular Hbond substituents is 2. The van der Waals surface area contributed by atoms with Crippen molar-refractivity contribution in [3.63, 3.8) is 0 Å². The number of nitrogens with zero attached hydrogens (tertiary/aromatic N) is 11. The van der Waals surface area contributed by atoms with Gasteiger partial charge in [-0.3, -0.25) is 68.2 Å². The van der Waals surface area contributed by atoms with Crippen LogP contribution >= 0.6 is 0 Å². The molecule has 0 amide bonds. The summed E-state index contributed by atoms with van der Waals surface area (Å²) in [6.07, 6.45) is 27.3. The van der Waals surface area contributed by atoms with Crippen molar-refractivity contribution in [2.24, 2.45) is 59.2 Å². The number of aromatic hydroxyl groups is 2. The molecule has 0 bridgehead atoms. The molecule has 4 aromatic heterocycles. The lowest BCUT2D eigenvalue weighted by molar-refractivity contribution is 0.0928. The van der Waals surface area contributed by atoms with Gasteiger partial charge in [-0.1, -0.05) is 114 Å². The number of Topliss-reactive ketones (excluding diaryl/α,β-unsaturated/α-hetero) is 5. The fourth-order valence-electron chi connectivity index (χ4n) is 22.4. The second kappa shape index (κ2) is 45.5. The number of ether oxygens (including phenoxy) is 6. The molecule has 5 unspecified atom stereocenters. The molecule has 25 heteroatoms. The Labute approximate surface area is 808 Å². The van der Waals surface area contributed by atoms with Crippen molar-refractivity contribution in [1.82, 2.24) is 59.4 Å². The lowest BCUT2D eigenvalue weighted by Crippen LogP contribution is -2.30. The summed E-state index contributed by atoms with van der Waals surface area (Å²) >= 11 is 0. The zero-order valence-electron chi connectivity index (χ0n) is 79.0. The summed E-state index contributed by atoms with van der Waals surface area (Å²) in [4.78, 5) is 86.3. The number of ketones is 5. The van der Waals surface area contributed by atoms with Crippen molar-refractivity contribution in [3.05, 3.63) is 330 Å². The number of hydrogen-bond donors (Lipinski definition) is 3. The summed E-state index contributed by atoms with van der Waals surface area (Å²) in [7, 11) is 0. The molecule has 5 aliphatic carbocycles. The van der Waals surface area contributed by atoms with Crippen molar-refractivity contribution >= 4 is 28.9 Å². The highest BCUT2D eigenvalue weighted by molar-refractivity contribution is 5.99. The van der Waals surface area contributed by atoms with Gasteiger partial charge in [0, 0.05) is 113 Å². The van der Waals surface area contributed by atoms with Gasteiger partial charge in [-0.2, -0.15) is 10.2 Å². The molecule has 8 aromatic carbocycles. The summed E-state index contributed by atoms with van der Waals surface area (Å²) in [5.74, 6) is 12.4. The molecule has 22 rings (SSSR count). The van der Waals surface area contributed by atoms with Gasteiger partial charge in [-0.05, 0) is 277 Å². The predicted molar refractivity (Wildman–Crippen MR) is 527 cm³/mol. The molecule has 5 aliphatic heterocycles. The van der Waals surface area contributed by atoms with Gasteiger partial charge in [0.2, 0.25) is 5.88 Å². The Kier molecular flexibility index (Phi) is 31.4. The number of phenols is 2. The van der Waals surface area contributed by atoms with Crippen LogP contribution in [0.2, 0.25) is 0 Å². The molecule has 15 atom stereocenters. The van der Waals surface area contributed by atoms with Gasteiger partial charge in [0.05, 0.1) is 99.6 Å². The fourth-order valence-corrected chi connectivity index (χ4v) is 22.4. The average molecular weight is 1860 g/mol. The number of fused-ring (bicyclic) bond motifs is 5. The van der Waals surface area contributed by atoms with Crippen LogP contribution in [0, 0.1) is 80.0 Å². The number of aromatic nitrogens is 7. The van der Waals surface area contributed by atoms with Crippen LogP contribution in [0.4, 0.5) is 0 Å². The highest BCUT2D eigenvalue weighted by Crippen LogP contribution is 2.45. The van der Waals surface area contributed by atoms with Gasteiger partial charge >= 0.3 is 0 Å². The Morgan fingerprint density at radius 1 is 0.326 bits per heavy atom. The van der Waals surface area contributed by atoms with Crippen LogP contribution in [0.15, 0.2) is 274 Å². The average Bonchev–Trinajstić information content (AvgIpc) is 1.68. The molecule has 5 saturated heterocycles. The van der Waals surface area contributed by atoms with Gasteiger partial charge in [-0.15, -0.1) is 0 Å². The number of carbonyl (C=O) groups excluding carboxylic acids is 5. The van der Waals surface area contributed by atoms with Crippen LogP contribution < -0.4 is 28.4 Å². The van der Waals surface area contributed by atoms with E-state index in [1.54, 1.807) is 98.1 Å². The van der Waals surface area contributed by atoms with E-state index in [1.165, 1.54) is 22.3 Å². The van der Waals surface area contributed by atoms with E-state index in [-0.39, 0.29) is 52.6 Å². The molecule has 138 heavy (non-hydrogen) atoms. The molecule has 3 N–H and O–H groups in total. The molecule has 0 spiro atoms. The monoisotopic (exact) mass is 1860 g/mol. The molecule has 9 heterocycles. The van der Waals surface area contributed by atoms with E-state index >= 15 is 0 Å². The standard InChI is InChI=1S/C29H31NO3.C26H29N3O2.C20H22N2O3.C19H21N3O3.C19H23N3O2/c1-21-7-11-27(12-8-21)33-28-15-24-17-30(18-25(24)16-28)19-29(31)23-9-13-26(14-10-23)32-20-22-5-3-2-4-6-22;1-19-7-9-24(10-8-19)31-25-11-21-15-28(16-22(21)12-25)18-26(30)23-13-27-29(17-23)14-20-5-3-2-4-6-20;23-17-5-3-14(4-6-17)20(24)13-22-11-15-8-19(9-16(15)12-22)25-18-2-1-7-21-10-18;23-16-3-1-13(2-4-16)18(24)12-22-10-14-7-17(8-15(14)11-22)25-19-9-20-5-6-21-19;1-13-2-4-17(5-3-13)24-18-6-14-10-22(11-15(14)7-18)12-19(23)16-8-20-21-9-16/h2-14,24-25,28H,15-20H2,1H3;2-10,13,17,21-22,25H,11-12,14-16,18H2,1H3;1-7,10,15-16,19,23H,8-9,11-13H2;1-6,9,14-15,17,23H,7-8,10-12H2;2-5,8-9,14-15,18H,6-7,10-12H2,1H3,(H,20,21)/t24-,25+,28?;21-,22+,25?;15-,16+,19?;14-,15+,17?;14-,15+,18?. The molecular formula is C113H126N12O13. The number of aryl methyl sites for hydroxylation is 3. The lowest BCUT2D eigenvalue weighted by atomic mass is 10.0. The van der Waals surface area contributed by atoms with Crippen molar-refractivity contribution in [2.45, 2.75) is 129 Å². The van der Waals surface area contributed by atoms with E-state index in [0.29, 0.717) is 152 Å². The number of aromatic amines is 1. The highest BCUT2D eigenvalue weighted by Gasteiger charge is 2.47. The number of benzene rings is 8. The maximum Gasteiger partial charge on any atom is 0.232 e. The summed E-state index contributed by atoms with van der Waals surface area (Å²) in [5, 5.41) is 29.6. The number of carbonyl (C=O) groups is 5. The lowest BCUT2D eigenvalue weighted by Gasteiger charge is -2.19. The van der Waals surface area contributed by atoms with Crippen molar-refractivity contribution in [2.75, 3.05) is 98.2 Å². The van der Waals surface area contributed by atoms with E-state index in [0.717, 1.165) is 170 Å². The van der Waals surface area contributed by atoms with Gasteiger partial charge in [-0.25, -0.2) is 4.98 Å². The minimum atomic E-state index is 0.104. The normalized spacial score (nSPS) is 24.4. The molecule has 10 aliphatic rings. The number of pyridine rings is 1. The van der Waals surface area contributed by atoms with Crippen molar-refractivity contribution < 1.29 is 62.6 Å². The van der Waals surface area contributed by atoms with Gasteiger partial charge in [0.1, 0.15) is 53.0 Å². The Morgan fingerprint density at radius 3 is 1.02 bits per heavy atom. The van der Waals surface area contributed by atoms with E-state index in [2.05, 4.69) is 160 Å². The molecule has 5 saturated carbocycles. The largest absolute Gasteiger partial charge is 0.508 e. The number of rotatable bonds is 30. The zero-order chi connectivity index (χ0) is 94.8. The van der Waals surface area contributed by atoms with Crippen LogP contribution in [0.3, 0.4) is 0 Å². The molecular weight excluding hydrogens is 1730 g/mol. The summed E-state index contributed by atoms with van der Waals surface area (Å²) in [6.45, 7) is 19.6. The Morgan fingerprint density at radius 2 is 0.667 bits per heavy atom. The van der Waals surface area contributed by atoms with Crippen molar-refractivity contribution in [1.29, 1.82) is 0 Å². The van der Waals surface area contributed by atoms with Crippen LogP contribution in [-0.2, 0) is 13.2 Å². The summed E-state index contributed by atoms with van der Waals surface area (Å²) < 4.78 is 38.2. The Hall–Kier alpha value is -13.0. The fraction of sp³-hybridized carbons (Fsp3) is 0.398. The maximum atomic E-state index is 12.8. The van der Waals surface area contributed by atoms with E-state index in [1.807, 2.05) is 95.8 Å². The smallest absolute Gasteiger partial charge is 0.232 e.